The fourth-order valence-corrected chi connectivity index (χ4v) is 3.00. The summed E-state index contributed by atoms with van der Waals surface area (Å²) in [6.07, 6.45) is 5.42. The number of hydrogen-bond donors (Lipinski definition) is 0. The molecule has 2 atom stereocenters. The van der Waals surface area contributed by atoms with Crippen LogP contribution in [-0.2, 0) is 11.2 Å². The SMILES string of the molecule is O=C1O[C@H]2CCCC[C@H]2N1/C([O-])=C/Cc1ccccc1.[Na+]. The number of ether oxygens (including phenoxy) is 1. The molecule has 21 heavy (non-hydrogen) atoms. The van der Waals surface area contributed by atoms with Crippen molar-refractivity contribution in [1.29, 1.82) is 0 Å². The zero-order chi connectivity index (χ0) is 13.9. The number of carbonyl (C=O) groups excluding carboxylic acids is 1. The Morgan fingerprint density at radius 2 is 2.00 bits per heavy atom. The van der Waals surface area contributed by atoms with Crippen LogP contribution in [0, 0.1) is 0 Å². The van der Waals surface area contributed by atoms with Gasteiger partial charge in [0.2, 0.25) is 0 Å². The zero-order valence-electron chi connectivity index (χ0n) is 12.3. The van der Waals surface area contributed by atoms with E-state index in [9.17, 15) is 9.90 Å². The molecule has 1 saturated carbocycles. The molecule has 2 aliphatic rings. The van der Waals surface area contributed by atoms with Gasteiger partial charge in [-0.1, -0.05) is 42.8 Å². The van der Waals surface area contributed by atoms with Crippen molar-refractivity contribution in [2.45, 2.75) is 44.2 Å². The molecule has 4 nitrogen and oxygen atoms in total. The van der Waals surface area contributed by atoms with Gasteiger partial charge in [-0.15, -0.1) is 0 Å². The minimum absolute atomic E-state index is 0. The van der Waals surface area contributed by atoms with Crippen molar-refractivity contribution in [3.8, 4) is 0 Å². The van der Waals surface area contributed by atoms with E-state index in [0.29, 0.717) is 6.42 Å². The minimum Gasteiger partial charge on any atom is -0.860 e. The van der Waals surface area contributed by atoms with Gasteiger partial charge in [-0.25, -0.2) is 4.79 Å². The standard InChI is InChI=1S/C16H19NO3.Na/c18-15(11-10-12-6-2-1-3-7-12)17-13-8-4-5-9-14(13)20-16(17)19;/h1-3,6-7,11,13-14,18H,4-5,8-10H2;/q;+1/p-1/b15-11-;/t13-,14+;/m1./s1. The molecule has 3 rings (SSSR count). The van der Waals surface area contributed by atoms with Gasteiger partial charge < -0.3 is 9.84 Å². The van der Waals surface area contributed by atoms with Crippen LogP contribution < -0.4 is 34.7 Å². The quantitative estimate of drug-likeness (QED) is 0.542. The maximum atomic E-state index is 12.3. The number of hydrogen-bond acceptors (Lipinski definition) is 3. The van der Waals surface area contributed by atoms with E-state index in [0.717, 1.165) is 31.2 Å². The predicted molar refractivity (Wildman–Crippen MR) is 72.6 cm³/mol. The van der Waals surface area contributed by atoms with Gasteiger partial charge in [0.25, 0.3) is 0 Å². The number of allylic oxidation sites excluding steroid dienone is 1. The summed E-state index contributed by atoms with van der Waals surface area (Å²) in [5, 5.41) is 12.3. The number of carbonyl (C=O) groups is 1. The first-order valence-corrected chi connectivity index (χ1v) is 7.16. The van der Waals surface area contributed by atoms with E-state index in [1.807, 2.05) is 30.3 Å². The maximum Gasteiger partial charge on any atom is 1.00 e. The molecule has 106 valence electrons. The third kappa shape index (κ3) is 3.62. The molecule has 2 fully saturated rings. The minimum atomic E-state index is -0.476. The number of nitrogens with zero attached hydrogens (tertiary/aromatic N) is 1. The predicted octanol–water partition coefficient (Wildman–Crippen LogP) is -0.802. The zero-order valence-corrected chi connectivity index (χ0v) is 14.3. The average Bonchev–Trinajstić information content (AvgIpc) is 2.82. The maximum absolute atomic E-state index is 12.3. The molecule has 1 aliphatic heterocycles. The molecule has 1 aromatic carbocycles. The number of fused-ring (bicyclic) bond motifs is 1. The Kier molecular flexibility index (Phi) is 5.73. The second-order valence-corrected chi connectivity index (χ2v) is 5.38. The first kappa shape index (κ1) is 16.4. The smallest absolute Gasteiger partial charge is 0.860 e. The van der Waals surface area contributed by atoms with E-state index < -0.39 is 6.09 Å². The third-order valence-corrected chi connectivity index (χ3v) is 4.04. The number of amides is 1. The van der Waals surface area contributed by atoms with E-state index in [1.165, 1.54) is 4.90 Å². The van der Waals surface area contributed by atoms with E-state index >= 15 is 0 Å². The Labute approximate surface area is 147 Å². The van der Waals surface area contributed by atoms with Crippen LogP contribution in [0.1, 0.15) is 31.2 Å². The summed E-state index contributed by atoms with van der Waals surface area (Å²) in [6, 6.07) is 9.70. The summed E-state index contributed by atoms with van der Waals surface area (Å²) in [5.74, 6) is -0.228. The van der Waals surface area contributed by atoms with E-state index in [-0.39, 0.29) is 47.6 Å². The van der Waals surface area contributed by atoms with Crippen LogP contribution in [0.5, 0.6) is 0 Å². The molecule has 1 heterocycles. The summed E-state index contributed by atoms with van der Waals surface area (Å²) in [4.78, 5) is 13.2. The van der Waals surface area contributed by atoms with Gasteiger partial charge in [0.1, 0.15) is 6.10 Å². The second-order valence-electron chi connectivity index (χ2n) is 5.38. The molecule has 5 heteroatoms. The largest absolute Gasteiger partial charge is 1.00 e. The van der Waals surface area contributed by atoms with Gasteiger partial charge in [-0.05, 0) is 37.1 Å². The van der Waals surface area contributed by atoms with Crippen LogP contribution in [0.15, 0.2) is 42.3 Å². The van der Waals surface area contributed by atoms with Gasteiger partial charge >= 0.3 is 35.7 Å². The second kappa shape index (κ2) is 7.34. The summed E-state index contributed by atoms with van der Waals surface area (Å²) in [6.45, 7) is 0. The molecular weight excluding hydrogens is 277 g/mol. The van der Waals surface area contributed by atoms with Crippen LogP contribution >= 0.6 is 0 Å². The molecular formula is C16H18NNaO3. The van der Waals surface area contributed by atoms with Crippen molar-refractivity contribution in [2.75, 3.05) is 0 Å². The number of rotatable bonds is 3. The third-order valence-electron chi connectivity index (χ3n) is 4.04. The van der Waals surface area contributed by atoms with E-state index in [4.69, 9.17) is 4.74 Å². The van der Waals surface area contributed by atoms with E-state index in [1.54, 1.807) is 6.08 Å². The topological polar surface area (TPSA) is 52.6 Å². The fourth-order valence-electron chi connectivity index (χ4n) is 3.00. The van der Waals surface area contributed by atoms with Crippen molar-refractivity contribution in [3.63, 3.8) is 0 Å². The van der Waals surface area contributed by atoms with Crippen LogP contribution in [0.25, 0.3) is 0 Å². The molecule has 0 radical (unpaired) electrons. The van der Waals surface area contributed by atoms with Gasteiger partial charge in [0.05, 0.1) is 6.04 Å². The van der Waals surface area contributed by atoms with E-state index in [2.05, 4.69) is 0 Å². The van der Waals surface area contributed by atoms with Crippen molar-refractivity contribution in [1.82, 2.24) is 4.90 Å². The Bertz CT molecular complexity index is 518. The first-order chi connectivity index (χ1) is 9.75. The van der Waals surface area contributed by atoms with Crippen LogP contribution in [0.3, 0.4) is 0 Å². The Hall–Kier alpha value is -0.970. The Morgan fingerprint density at radius 1 is 1.29 bits per heavy atom. The first-order valence-electron chi connectivity index (χ1n) is 7.16. The molecule has 0 spiro atoms. The fraction of sp³-hybridized carbons (Fsp3) is 0.438. The summed E-state index contributed by atoms with van der Waals surface area (Å²) in [7, 11) is 0. The molecule has 0 aromatic heterocycles. The van der Waals surface area contributed by atoms with Gasteiger partial charge in [0.15, 0.2) is 0 Å². The Balaban J connectivity index is 0.00000161. The van der Waals surface area contributed by atoms with Crippen molar-refractivity contribution in [2.24, 2.45) is 0 Å². The van der Waals surface area contributed by atoms with Crippen LogP contribution in [-0.4, -0.2) is 23.1 Å². The van der Waals surface area contributed by atoms with Crippen molar-refractivity contribution >= 4 is 6.09 Å². The monoisotopic (exact) mass is 295 g/mol. The van der Waals surface area contributed by atoms with Gasteiger partial charge in [-0.3, -0.25) is 4.90 Å². The van der Waals surface area contributed by atoms with Gasteiger partial charge in [0, 0.05) is 0 Å². The van der Waals surface area contributed by atoms with Crippen molar-refractivity contribution < 1.29 is 44.2 Å². The molecule has 0 bridgehead atoms. The molecule has 0 N–H and O–H groups in total. The average molecular weight is 295 g/mol. The summed E-state index contributed by atoms with van der Waals surface area (Å²) in [5.41, 5.74) is 1.06. The molecule has 1 amide bonds. The van der Waals surface area contributed by atoms with Crippen LogP contribution in [0.2, 0.25) is 0 Å². The molecule has 0 unspecified atom stereocenters. The van der Waals surface area contributed by atoms with Crippen molar-refractivity contribution in [3.05, 3.63) is 47.9 Å². The van der Waals surface area contributed by atoms with Gasteiger partial charge in [-0.2, -0.15) is 0 Å². The number of benzene rings is 1. The Morgan fingerprint density at radius 3 is 2.76 bits per heavy atom. The molecule has 1 aliphatic carbocycles. The summed E-state index contributed by atoms with van der Waals surface area (Å²) < 4.78 is 5.30. The van der Waals surface area contributed by atoms with Crippen LogP contribution in [0.4, 0.5) is 4.79 Å². The molecule has 1 aromatic rings. The normalized spacial score (nSPS) is 25.0. The molecule has 1 saturated heterocycles. The summed E-state index contributed by atoms with van der Waals surface area (Å²) >= 11 is 0.